The highest BCUT2D eigenvalue weighted by Crippen LogP contribution is 2.27. The molecule has 1 aromatic carbocycles. The lowest BCUT2D eigenvalue weighted by Crippen LogP contribution is -2.13. The zero-order valence-electron chi connectivity index (χ0n) is 12.0. The van der Waals surface area contributed by atoms with Crippen LogP contribution in [0.5, 0.6) is 11.5 Å². The molecule has 22 heavy (non-hydrogen) atoms. The van der Waals surface area contributed by atoms with Gasteiger partial charge in [-0.15, -0.1) is 0 Å². The van der Waals surface area contributed by atoms with Gasteiger partial charge in [0.2, 0.25) is 0 Å². The second kappa shape index (κ2) is 6.57. The van der Waals surface area contributed by atoms with E-state index in [2.05, 4.69) is 15.3 Å². The van der Waals surface area contributed by atoms with Crippen LogP contribution in [0, 0.1) is 10.1 Å². The number of nitrogens with one attached hydrogen (secondary N) is 2. The maximum atomic E-state index is 11.1. The van der Waals surface area contributed by atoms with E-state index in [1.807, 2.05) is 0 Å². The summed E-state index contributed by atoms with van der Waals surface area (Å²) in [5.41, 5.74) is -0.256. The van der Waals surface area contributed by atoms with Gasteiger partial charge >= 0.3 is 5.69 Å². The lowest BCUT2D eigenvalue weighted by Gasteiger charge is -2.10. The standard InChI is InChI=1S/C13H14N4O5/c1-14-12-11(6-15-13(18)16-12)22-7-8-3-4-9(21-2)5-10(8)17(19)20/h3-6H,7H2,1-2H3,(H2,14,15,16,18). The van der Waals surface area contributed by atoms with Crippen LogP contribution in [0.2, 0.25) is 0 Å². The van der Waals surface area contributed by atoms with Gasteiger partial charge in [-0.25, -0.2) is 4.79 Å². The highest BCUT2D eigenvalue weighted by Gasteiger charge is 2.16. The molecule has 9 heteroatoms. The second-order valence-corrected chi connectivity index (χ2v) is 4.22. The monoisotopic (exact) mass is 306 g/mol. The van der Waals surface area contributed by atoms with E-state index >= 15 is 0 Å². The third kappa shape index (κ3) is 3.32. The molecule has 0 aliphatic rings. The third-order valence-electron chi connectivity index (χ3n) is 2.90. The van der Waals surface area contributed by atoms with Crippen LogP contribution in [0.3, 0.4) is 0 Å². The van der Waals surface area contributed by atoms with Crippen LogP contribution in [0.1, 0.15) is 5.56 Å². The number of H-pyrrole nitrogens is 1. The van der Waals surface area contributed by atoms with E-state index in [4.69, 9.17) is 9.47 Å². The number of anilines is 1. The van der Waals surface area contributed by atoms with Crippen molar-refractivity contribution < 1.29 is 14.4 Å². The molecular weight excluding hydrogens is 292 g/mol. The Morgan fingerprint density at radius 3 is 2.86 bits per heavy atom. The Hall–Kier alpha value is -3.10. The van der Waals surface area contributed by atoms with E-state index in [1.54, 1.807) is 19.2 Å². The van der Waals surface area contributed by atoms with Crippen molar-refractivity contribution in [3.8, 4) is 11.5 Å². The number of nitro groups is 1. The van der Waals surface area contributed by atoms with Crippen LogP contribution in [-0.4, -0.2) is 29.0 Å². The summed E-state index contributed by atoms with van der Waals surface area (Å²) in [5.74, 6) is 1.01. The molecule has 1 heterocycles. The Morgan fingerprint density at radius 2 is 2.23 bits per heavy atom. The second-order valence-electron chi connectivity index (χ2n) is 4.22. The molecule has 116 valence electrons. The van der Waals surface area contributed by atoms with Gasteiger partial charge in [0.15, 0.2) is 11.6 Å². The fourth-order valence-electron chi connectivity index (χ4n) is 1.80. The minimum atomic E-state index is -0.521. The van der Waals surface area contributed by atoms with Gasteiger partial charge in [0, 0.05) is 7.05 Å². The molecule has 0 saturated carbocycles. The smallest absolute Gasteiger partial charge is 0.346 e. The predicted octanol–water partition coefficient (Wildman–Crippen LogP) is 1.31. The molecule has 0 aliphatic heterocycles. The molecule has 0 spiro atoms. The molecule has 0 fully saturated rings. The van der Waals surface area contributed by atoms with Gasteiger partial charge in [-0.3, -0.25) is 15.1 Å². The van der Waals surface area contributed by atoms with Crippen molar-refractivity contribution in [2.24, 2.45) is 0 Å². The number of aromatic nitrogens is 2. The Kier molecular flexibility index (Phi) is 4.57. The molecule has 2 N–H and O–H groups in total. The van der Waals surface area contributed by atoms with Gasteiger partial charge in [-0.2, -0.15) is 4.98 Å². The number of aromatic amines is 1. The number of hydrogen-bond acceptors (Lipinski definition) is 7. The van der Waals surface area contributed by atoms with Crippen molar-refractivity contribution in [3.05, 3.63) is 50.6 Å². The van der Waals surface area contributed by atoms with Gasteiger partial charge in [0.1, 0.15) is 12.4 Å². The van der Waals surface area contributed by atoms with E-state index in [1.165, 1.54) is 19.4 Å². The summed E-state index contributed by atoms with van der Waals surface area (Å²) in [7, 11) is 3.04. The van der Waals surface area contributed by atoms with Gasteiger partial charge in [-0.05, 0) is 12.1 Å². The van der Waals surface area contributed by atoms with Crippen molar-refractivity contribution in [1.82, 2.24) is 9.97 Å². The fraction of sp³-hybridized carbons (Fsp3) is 0.231. The molecule has 1 aromatic heterocycles. The molecule has 0 radical (unpaired) electrons. The van der Waals surface area contributed by atoms with E-state index in [-0.39, 0.29) is 18.0 Å². The third-order valence-corrected chi connectivity index (χ3v) is 2.90. The Morgan fingerprint density at radius 1 is 1.45 bits per heavy atom. The first-order valence-electron chi connectivity index (χ1n) is 6.26. The van der Waals surface area contributed by atoms with Crippen molar-refractivity contribution in [2.45, 2.75) is 6.61 Å². The van der Waals surface area contributed by atoms with Crippen LogP contribution in [0.4, 0.5) is 11.5 Å². The zero-order valence-corrected chi connectivity index (χ0v) is 12.0. The molecule has 2 rings (SSSR count). The SMILES string of the molecule is CNc1[nH]c(=O)ncc1OCc1ccc(OC)cc1[N+](=O)[O-]. The highest BCUT2D eigenvalue weighted by molar-refractivity contribution is 5.49. The summed E-state index contributed by atoms with van der Waals surface area (Å²) >= 11 is 0. The van der Waals surface area contributed by atoms with Crippen molar-refractivity contribution >= 4 is 11.5 Å². The largest absolute Gasteiger partial charge is 0.497 e. The highest BCUT2D eigenvalue weighted by atomic mass is 16.6. The maximum Gasteiger partial charge on any atom is 0.346 e. The first kappa shape index (κ1) is 15.3. The summed E-state index contributed by atoms with van der Waals surface area (Å²) in [6.45, 7) is -0.0529. The minimum Gasteiger partial charge on any atom is -0.497 e. The molecule has 0 atom stereocenters. The van der Waals surface area contributed by atoms with Gasteiger partial charge in [0.25, 0.3) is 5.69 Å². The molecular formula is C13H14N4O5. The lowest BCUT2D eigenvalue weighted by molar-refractivity contribution is -0.385. The van der Waals surface area contributed by atoms with Gasteiger partial charge < -0.3 is 14.8 Å². The van der Waals surface area contributed by atoms with Gasteiger partial charge in [-0.1, -0.05) is 0 Å². The van der Waals surface area contributed by atoms with Crippen LogP contribution in [0.25, 0.3) is 0 Å². The summed E-state index contributed by atoms with van der Waals surface area (Å²) in [4.78, 5) is 27.7. The summed E-state index contributed by atoms with van der Waals surface area (Å²) in [5, 5.41) is 13.8. The van der Waals surface area contributed by atoms with Crippen molar-refractivity contribution in [2.75, 3.05) is 19.5 Å². The maximum absolute atomic E-state index is 11.1. The van der Waals surface area contributed by atoms with E-state index in [0.717, 1.165) is 0 Å². The number of benzene rings is 1. The molecule has 0 aliphatic carbocycles. The minimum absolute atomic E-state index is 0.0529. The van der Waals surface area contributed by atoms with Crippen LogP contribution in [0.15, 0.2) is 29.2 Å². The zero-order chi connectivity index (χ0) is 16.1. The average Bonchev–Trinajstić information content (AvgIpc) is 2.53. The molecule has 2 aromatic rings. The summed E-state index contributed by atoms with van der Waals surface area (Å²) < 4.78 is 10.5. The average molecular weight is 306 g/mol. The summed E-state index contributed by atoms with van der Waals surface area (Å²) in [6.07, 6.45) is 1.25. The Bertz CT molecular complexity index is 743. The topological polar surface area (TPSA) is 119 Å². The van der Waals surface area contributed by atoms with Gasteiger partial charge in [0.05, 0.1) is 29.9 Å². The van der Waals surface area contributed by atoms with Crippen LogP contribution in [-0.2, 0) is 6.61 Å². The number of nitrogens with zero attached hydrogens (tertiary/aromatic N) is 2. The first-order valence-corrected chi connectivity index (χ1v) is 6.26. The van der Waals surface area contributed by atoms with Crippen molar-refractivity contribution in [1.29, 1.82) is 0 Å². The fourth-order valence-corrected chi connectivity index (χ4v) is 1.80. The van der Waals surface area contributed by atoms with E-state index < -0.39 is 10.6 Å². The van der Waals surface area contributed by atoms with Crippen LogP contribution >= 0.6 is 0 Å². The normalized spacial score (nSPS) is 10.1. The number of rotatable bonds is 6. The molecule has 0 saturated heterocycles. The quantitative estimate of drug-likeness (QED) is 0.609. The molecule has 9 nitrogen and oxygen atoms in total. The molecule has 0 amide bonds. The van der Waals surface area contributed by atoms with E-state index in [9.17, 15) is 14.9 Å². The first-order chi connectivity index (χ1) is 10.5. The van der Waals surface area contributed by atoms with Crippen molar-refractivity contribution in [3.63, 3.8) is 0 Å². The predicted molar refractivity (Wildman–Crippen MR) is 78.4 cm³/mol. The molecule has 0 unspecified atom stereocenters. The lowest BCUT2D eigenvalue weighted by atomic mass is 10.2. The number of nitro benzene ring substituents is 1. The van der Waals surface area contributed by atoms with Crippen LogP contribution < -0.4 is 20.5 Å². The summed E-state index contributed by atoms with van der Waals surface area (Å²) in [6, 6.07) is 4.48. The van der Waals surface area contributed by atoms with E-state index in [0.29, 0.717) is 17.1 Å². The number of methoxy groups -OCH3 is 1. The molecule has 0 bridgehead atoms. The number of ether oxygens (including phenoxy) is 2. The number of hydrogen-bond donors (Lipinski definition) is 2. The Labute approximate surface area is 125 Å². The Balaban J connectivity index is 2.25.